The number of amides is 1. The first kappa shape index (κ1) is 23.0. The number of carbonyl (C=O) groups excluding carboxylic acids is 1. The highest BCUT2D eigenvalue weighted by Crippen LogP contribution is 2.28. The van der Waals surface area contributed by atoms with E-state index in [0.717, 1.165) is 24.8 Å². The number of anilines is 1. The third kappa shape index (κ3) is 4.78. The molecule has 3 heterocycles. The van der Waals surface area contributed by atoms with Gasteiger partial charge in [0.05, 0.1) is 27.4 Å². The van der Waals surface area contributed by atoms with Crippen molar-refractivity contribution in [3.05, 3.63) is 41.7 Å². The predicted octanol–water partition coefficient (Wildman–Crippen LogP) is 4.01. The lowest BCUT2D eigenvalue weighted by Gasteiger charge is -2.25. The molecule has 0 aliphatic carbocycles. The number of benzene rings is 1. The molecule has 0 unspecified atom stereocenters. The Bertz CT molecular complexity index is 1240. The molecule has 1 fully saturated rings. The van der Waals surface area contributed by atoms with Gasteiger partial charge in [-0.3, -0.25) is 4.79 Å². The van der Waals surface area contributed by atoms with E-state index in [9.17, 15) is 13.2 Å². The van der Waals surface area contributed by atoms with Crippen LogP contribution < -0.4 is 5.32 Å². The number of aryl methyl sites for hydroxylation is 1. The van der Waals surface area contributed by atoms with Crippen molar-refractivity contribution in [2.24, 2.45) is 0 Å². The first-order valence-electron chi connectivity index (χ1n) is 10.4. The monoisotopic (exact) mass is 493 g/mol. The number of hydrogen-bond donors (Lipinski definition) is 1. The normalized spacial score (nSPS) is 15.2. The Morgan fingerprint density at radius 1 is 1.22 bits per heavy atom. The number of imidazole rings is 1. The molecule has 0 saturated carbocycles. The van der Waals surface area contributed by atoms with Crippen molar-refractivity contribution in [1.29, 1.82) is 0 Å². The van der Waals surface area contributed by atoms with Gasteiger partial charge in [0.15, 0.2) is 10.3 Å². The molecular weight excluding hydrogens is 470 g/mol. The lowest BCUT2D eigenvalue weighted by molar-refractivity contribution is -0.113. The molecule has 8 nitrogen and oxygen atoms in total. The summed E-state index contributed by atoms with van der Waals surface area (Å²) in [5.74, 6) is -0.0963. The SMILES string of the molecule is CCn1c(SCC(=O)Nc2cccnc2Cl)nc2cc(S(=O)(=O)N3CCCCC3)ccc21. The van der Waals surface area contributed by atoms with Crippen LogP contribution in [0.15, 0.2) is 46.6 Å². The average molecular weight is 494 g/mol. The van der Waals surface area contributed by atoms with E-state index in [1.54, 1.807) is 40.8 Å². The number of nitrogens with one attached hydrogen (secondary N) is 1. The van der Waals surface area contributed by atoms with Crippen LogP contribution in [0.25, 0.3) is 11.0 Å². The van der Waals surface area contributed by atoms with E-state index in [2.05, 4.69) is 15.3 Å². The van der Waals surface area contributed by atoms with Crippen LogP contribution in [0.2, 0.25) is 5.15 Å². The van der Waals surface area contributed by atoms with Gasteiger partial charge in [-0.05, 0) is 50.1 Å². The quantitative estimate of drug-likeness (QED) is 0.394. The van der Waals surface area contributed by atoms with Gasteiger partial charge in [-0.15, -0.1) is 0 Å². The van der Waals surface area contributed by atoms with Crippen LogP contribution in [0.1, 0.15) is 26.2 Å². The van der Waals surface area contributed by atoms with E-state index >= 15 is 0 Å². The Balaban J connectivity index is 1.53. The summed E-state index contributed by atoms with van der Waals surface area (Å²) in [5.41, 5.74) is 1.89. The van der Waals surface area contributed by atoms with Crippen molar-refractivity contribution in [2.75, 3.05) is 24.2 Å². The van der Waals surface area contributed by atoms with Crippen molar-refractivity contribution in [3.8, 4) is 0 Å². The second kappa shape index (κ2) is 9.78. The minimum atomic E-state index is -3.53. The zero-order valence-electron chi connectivity index (χ0n) is 17.6. The Labute approximate surface area is 196 Å². The van der Waals surface area contributed by atoms with E-state index in [-0.39, 0.29) is 21.7 Å². The largest absolute Gasteiger partial charge is 0.323 e. The molecule has 1 aliphatic rings. The van der Waals surface area contributed by atoms with Crippen LogP contribution in [0.5, 0.6) is 0 Å². The van der Waals surface area contributed by atoms with Crippen molar-refractivity contribution in [3.63, 3.8) is 0 Å². The van der Waals surface area contributed by atoms with E-state index in [0.29, 0.717) is 36.0 Å². The smallest absolute Gasteiger partial charge is 0.243 e. The molecular formula is C21H24ClN5O3S2. The minimum Gasteiger partial charge on any atom is -0.323 e. The molecule has 1 amide bonds. The molecule has 3 aromatic rings. The van der Waals surface area contributed by atoms with Gasteiger partial charge in [0.1, 0.15) is 0 Å². The standard InChI is InChI=1S/C21H24ClN5O3S2/c1-2-27-18-9-8-15(32(29,30)26-11-4-3-5-12-26)13-17(18)25-21(27)31-14-19(28)24-16-7-6-10-23-20(16)22/h6-10,13H,2-5,11-12,14H2,1H3,(H,24,28). The maximum Gasteiger partial charge on any atom is 0.243 e. The lowest BCUT2D eigenvalue weighted by Crippen LogP contribution is -2.35. The summed E-state index contributed by atoms with van der Waals surface area (Å²) in [6, 6.07) is 8.45. The maximum atomic E-state index is 13.0. The van der Waals surface area contributed by atoms with Crippen molar-refractivity contribution < 1.29 is 13.2 Å². The van der Waals surface area contributed by atoms with Gasteiger partial charge in [-0.25, -0.2) is 18.4 Å². The molecule has 32 heavy (non-hydrogen) atoms. The Kier molecular flexibility index (Phi) is 7.04. The summed E-state index contributed by atoms with van der Waals surface area (Å²) >= 11 is 7.28. The van der Waals surface area contributed by atoms with Crippen molar-refractivity contribution in [1.82, 2.24) is 18.8 Å². The number of sulfonamides is 1. The molecule has 4 rings (SSSR count). The summed E-state index contributed by atoms with van der Waals surface area (Å²) in [6.07, 6.45) is 4.39. The van der Waals surface area contributed by atoms with Crippen LogP contribution in [0, 0.1) is 0 Å². The fraction of sp³-hybridized carbons (Fsp3) is 0.381. The highest BCUT2D eigenvalue weighted by Gasteiger charge is 2.26. The molecule has 0 spiro atoms. The van der Waals surface area contributed by atoms with E-state index in [1.807, 2.05) is 11.5 Å². The number of fused-ring (bicyclic) bond motifs is 1. The Hall–Kier alpha value is -2.14. The van der Waals surface area contributed by atoms with E-state index in [1.165, 1.54) is 11.8 Å². The molecule has 1 saturated heterocycles. The summed E-state index contributed by atoms with van der Waals surface area (Å²) in [4.78, 5) is 21.2. The molecule has 0 atom stereocenters. The number of thioether (sulfide) groups is 1. The van der Waals surface area contributed by atoms with Gasteiger partial charge in [0.25, 0.3) is 0 Å². The number of hydrogen-bond acceptors (Lipinski definition) is 6. The third-order valence-corrected chi connectivity index (χ3v) is 8.49. The van der Waals surface area contributed by atoms with Gasteiger partial charge in [0.2, 0.25) is 15.9 Å². The number of piperidine rings is 1. The lowest BCUT2D eigenvalue weighted by atomic mass is 10.2. The van der Waals surface area contributed by atoms with Crippen LogP contribution in [-0.4, -0.2) is 52.0 Å². The number of carbonyl (C=O) groups is 1. The van der Waals surface area contributed by atoms with E-state index < -0.39 is 10.0 Å². The fourth-order valence-electron chi connectivity index (χ4n) is 3.71. The molecule has 0 radical (unpaired) electrons. The summed E-state index contributed by atoms with van der Waals surface area (Å²) < 4.78 is 29.6. The van der Waals surface area contributed by atoms with Gasteiger partial charge in [0, 0.05) is 25.8 Å². The molecule has 1 N–H and O–H groups in total. The molecule has 170 valence electrons. The molecule has 1 aliphatic heterocycles. The van der Waals surface area contributed by atoms with Crippen LogP contribution >= 0.6 is 23.4 Å². The highest BCUT2D eigenvalue weighted by molar-refractivity contribution is 7.99. The minimum absolute atomic E-state index is 0.132. The van der Waals surface area contributed by atoms with Gasteiger partial charge < -0.3 is 9.88 Å². The highest BCUT2D eigenvalue weighted by atomic mass is 35.5. The zero-order valence-corrected chi connectivity index (χ0v) is 20.0. The molecule has 2 aromatic heterocycles. The second-order valence-electron chi connectivity index (χ2n) is 7.43. The second-order valence-corrected chi connectivity index (χ2v) is 10.7. The van der Waals surface area contributed by atoms with Crippen molar-refractivity contribution >= 4 is 56.0 Å². The van der Waals surface area contributed by atoms with Gasteiger partial charge in [-0.2, -0.15) is 4.31 Å². The summed E-state index contributed by atoms with van der Waals surface area (Å²) in [6.45, 7) is 3.74. The number of nitrogens with zero attached hydrogens (tertiary/aromatic N) is 4. The van der Waals surface area contributed by atoms with Gasteiger partial charge >= 0.3 is 0 Å². The van der Waals surface area contributed by atoms with Crippen LogP contribution in [0.3, 0.4) is 0 Å². The van der Waals surface area contributed by atoms with Crippen molar-refractivity contribution in [2.45, 2.75) is 42.8 Å². The molecule has 11 heteroatoms. The zero-order chi connectivity index (χ0) is 22.7. The van der Waals surface area contributed by atoms with E-state index in [4.69, 9.17) is 11.6 Å². The number of aromatic nitrogens is 3. The summed E-state index contributed by atoms with van der Waals surface area (Å²) in [7, 11) is -3.53. The Morgan fingerprint density at radius 2 is 2.00 bits per heavy atom. The number of pyridine rings is 1. The van der Waals surface area contributed by atoms with Crippen LogP contribution in [-0.2, 0) is 21.4 Å². The maximum absolute atomic E-state index is 13.0. The number of rotatable bonds is 7. The average Bonchev–Trinajstić information content (AvgIpc) is 3.16. The topological polar surface area (TPSA) is 97.2 Å². The predicted molar refractivity (Wildman–Crippen MR) is 127 cm³/mol. The van der Waals surface area contributed by atoms with Crippen LogP contribution in [0.4, 0.5) is 5.69 Å². The molecule has 1 aromatic carbocycles. The molecule has 0 bridgehead atoms. The first-order chi connectivity index (χ1) is 15.4. The summed E-state index contributed by atoms with van der Waals surface area (Å²) in [5, 5.41) is 3.63. The Morgan fingerprint density at radius 3 is 2.72 bits per heavy atom. The first-order valence-corrected chi connectivity index (χ1v) is 13.2. The fourth-order valence-corrected chi connectivity index (χ4v) is 6.30. The third-order valence-electron chi connectivity index (χ3n) is 5.32. The van der Waals surface area contributed by atoms with Gasteiger partial charge in [-0.1, -0.05) is 29.8 Å². The number of halogens is 1.